The Labute approximate surface area is 151 Å². The molecule has 0 saturated heterocycles. The highest BCUT2D eigenvalue weighted by Crippen LogP contribution is 2.25. The SMILES string of the molecule is C=C(Cl)/C=C\C(=C)C(C)CCC(C)C(=C)C(=O)c1ccccc1C. The maximum Gasteiger partial charge on any atom is 0.188 e. The first kappa shape index (κ1) is 20.2. The molecule has 0 fully saturated rings. The predicted octanol–water partition coefficient (Wildman–Crippen LogP) is 6.65. The summed E-state index contributed by atoms with van der Waals surface area (Å²) in [6, 6.07) is 7.65. The van der Waals surface area contributed by atoms with Gasteiger partial charge in [-0.25, -0.2) is 0 Å². The molecule has 0 aliphatic carbocycles. The van der Waals surface area contributed by atoms with Gasteiger partial charge < -0.3 is 0 Å². The van der Waals surface area contributed by atoms with Crippen molar-refractivity contribution in [2.24, 2.45) is 11.8 Å². The van der Waals surface area contributed by atoms with E-state index in [1.165, 1.54) is 0 Å². The van der Waals surface area contributed by atoms with E-state index in [1.54, 1.807) is 6.08 Å². The average Bonchev–Trinajstić information content (AvgIpc) is 2.56. The van der Waals surface area contributed by atoms with Gasteiger partial charge in [-0.15, -0.1) is 0 Å². The Balaban J connectivity index is 2.61. The maximum absolute atomic E-state index is 12.6. The van der Waals surface area contributed by atoms with Gasteiger partial charge in [0.2, 0.25) is 0 Å². The van der Waals surface area contributed by atoms with Crippen LogP contribution in [0.25, 0.3) is 0 Å². The molecule has 2 atom stereocenters. The second-order valence-corrected chi connectivity index (χ2v) is 6.89. The highest BCUT2D eigenvalue weighted by atomic mass is 35.5. The van der Waals surface area contributed by atoms with Crippen molar-refractivity contribution in [2.75, 3.05) is 0 Å². The third-order valence-electron chi connectivity index (χ3n) is 4.42. The number of carbonyl (C=O) groups is 1. The Bertz CT molecular complexity index is 666. The molecule has 0 aromatic heterocycles. The minimum absolute atomic E-state index is 0.0467. The number of aryl methyl sites for hydroxylation is 1. The number of halogens is 1. The molecule has 0 aliphatic rings. The number of hydrogen-bond acceptors (Lipinski definition) is 1. The highest BCUT2D eigenvalue weighted by molar-refractivity contribution is 6.30. The average molecular weight is 343 g/mol. The van der Waals surface area contributed by atoms with Crippen LogP contribution >= 0.6 is 11.6 Å². The first-order valence-corrected chi connectivity index (χ1v) is 8.62. The number of benzene rings is 1. The van der Waals surface area contributed by atoms with E-state index in [2.05, 4.69) is 33.6 Å². The summed E-state index contributed by atoms with van der Waals surface area (Å²) in [6.07, 6.45) is 5.49. The molecule has 1 nitrogen and oxygen atoms in total. The summed E-state index contributed by atoms with van der Waals surface area (Å²) in [5, 5.41) is 0.494. The van der Waals surface area contributed by atoms with Crippen molar-refractivity contribution < 1.29 is 4.79 Å². The summed E-state index contributed by atoms with van der Waals surface area (Å²) >= 11 is 5.73. The third-order valence-corrected chi connectivity index (χ3v) is 4.55. The van der Waals surface area contributed by atoms with Crippen molar-refractivity contribution in [3.63, 3.8) is 0 Å². The first-order chi connectivity index (χ1) is 11.2. The number of ketones is 1. The van der Waals surface area contributed by atoms with E-state index in [4.69, 9.17) is 11.6 Å². The molecule has 2 heteroatoms. The van der Waals surface area contributed by atoms with E-state index < -0.39 is 0 Å². The number of hydrogen-bond donors (Lipinski definition) is 0. The third kappa shape index (κ3) is 5.98. The fourth-order valence-electron chi connectivity index (χ4n) is 2.45. The minimum Gasteiger partial charge on any atom is -0.289 e. The molecule has 24 heavy (non-hydrogen) atoms. The van der Waals surface area contributed by atoms with Crippen molar-refractivity contribution in [1.29, 1.82) is 0 Å². The van der Waals surface area contributed by atoms with Gasteiger partial charge in [-0.05, 0) is 48.8 Å². The molecule has 128 valence electrons. The Morgan fingerprint density at radius 2 is 1.67 bits per heavy atom. The maximum atomic E-state index is 12.6. The Morgan fingerprint density at radius 1 is 1.08 bits per heavy atom. The van der Waals surface area contributed by atoms with Crippen LogP contribution in [-0.2, 0) is 0 Å². The van der Waals surface area contributed by atoms with E-state index in [-0.39, 0.29) is 11.7 Å². The van der Waals surface area contributed by atoms with Crippen molar-refractivity contribution in [1.82, 2.24) is 0 Å². The van der Waals surface area contributed by atoms with E-state index >= 15 is 0 Å². The lowest BCUT2D eigenvalue weighted by Gasteiger charge is -2.18. The molecule has 0 N–H and O–H groups in total. The van der Waals surface area contributed by atoms with Crippen LogP contribution in [0.4, 0.5) is 0 Å². The van der Waals surface area contributed by atoms with Gasteiger partial charge >= 0.3 is 0 Å². The number of Topliss-reactive ketones (excluding diaryl/α,β-unsaturated/α-hetero) is 1. The molecule has 0 spiro atoms. The van der Waals surface area contributed by atoms with Crippen LogP contribution < -0.4 is 0 Å². The number of allylic oxidation sites excluding steroid dienone is 5. The zero-order valence-corrected chi connectivity index (χ0v) is 15.7. The lowest BCUT2D eigenvalue weighted by Crippen LogP contribution is -2.12. The quantitative estimate of drug-likeness (QED) is 0.279. The summed E-state index contributed by atoms with van der Waals surface area (Å²) in [7, 11) is 0. The van der Waals surface area contributed by atoms with Gasteiger partial charge in [-0.1, -0.05) is 81.1 Å². The minimum atomic E-state index is 0.0467. The molecule has 0 radical (unpaired) electrons. The van der Waals surface area contributed by atoms with Gasteiger partial charge in [-0.2, -0.15) is 0 Å². The Kier molecular flexibility index (Phi) is 7.94. The normalized spacial score (nSPS) is 13.5. The molecular formula is C22H27ClO. The monoisotopic (exact) mass is 342 g/mol. The summed E-state index contributed by atoms with van der Waals surface area (Å²) in [5.41, 5.74) is 3.42. The van der Waals surface area contributed by atoms with Gasteiger partial charge in [-0.3, -0.25) is 4.79 Å². The van der Waals surface area contributed by atoms with Gasteiger partial charge in [0.15, 0.2) is 5.78 Å². The molecule has 1 aromatic carbocycles. The molecule has 0 aliphatic heterocycles. The van der Waals surface area contributed by atoms with E-state index in [0.717, 1.165) is 29.5 Å². The van der Waals surface area contributed by atoms with Crippen molar-refractivity contribution in [3.8, 4) is 0 Å². The molecular weight excluding hydrogens is 316 g/mol. The summed E-state index contributed by atoms with van der Waals surface area (Å²) in [5.74, 6) is 0.505. The van der Waals surface area contributed by atoms with Crippen LogP contribution in [0.3, 0.4) is 0 Å². The summed E-state index contributed by atoms with van der Waals surface area (Å²) in [4.78, 5) is 12.6. The van der Waals surface area contributed by atoms with Crippen molar-refractivity contribution in [2.45, 2.75) is 33.6 Å². The van der Waals surface area contributed by atoms with E-state index in [0.29, 0.717) is 16.5 Å². The van der Waals surface area contributed by atoms with E-state index in [9.17, 15) is 4.79 Å². The molecule has 0 bridgehead atoms. The van der Waals surface area contributed by atoms with Crippen molar-refractivity contribution >= 4 is 17.4 Å². The zero-order valence-electron chi connectivity index (χ0n) is 14.9. The van der Waals surface area contributed by atoms with Crippen LogP contribution in [0.15, 0.2) is 72.3 Å². The smallest absolute Gasteiger partial charge is 0.188 e. The number of carbonyl (C=O) groups excluding carboxylic acids is 1. The predicted molar refractivity (Wildman–Crippen MR) is 105 cm³/mol. The largest absolute Gasteiger partial charge is 0.289 e. The fraction of sp³-hybridized carbons (Fsp3) is 0.318. The van der Waals surface area contributed by atoms with Crippen LogP contribution in [0, 0.1) is 18.8 Å². The van der Waals surface area contributed by atoms with Crippen LogP contribution in [-0.4, -0.2) is 5.78 Å². The molecule has 2 unspecified atom stereocenters. The topological polar surface area (TPSA) is 17.1 Å². The van der Waals surface area contributed by atoms with Gasteiger partial charge in [0.05, 0.1) is 0 Å². The van der Waals surface area contributed by atoms with Crippen LogP contribution in [0.2, 0.25) is 0 Å². The molecule has 0 amide bonds. The Hall–Kier alpha value is -1.86. The molecule has 0 heterocycles. The molecule has 1 rings (SSSR count). The lowest BCUT2D eigenvalue weighted by atomic mass is 9.86. The van der Waals surface area contributed by atoms with Gasteiger partial charge in [0.1, 0.15) is 0 Å². The standard InChI is InChI=1S/C22H27ClO/c1-15(16(2)13-14-19(5)23)11-12-17(3)20(6)22(24)21-10-8-7-9-18(21)4/h7-10,13-15,17H,2,5-6,11-12H2,1,3-4H3/b14-13-. The first-order valence-electron chi connectivity index (χ1n) is 8.24. The molecule has 0 saturated carbocycles. The summed E-state index contributed by atoms with van der Waals surface area (Å²) < 4.78 is 0. The second kappa shape index (κ2) is 9.44. The van der Waals surface area contributed by atoms with Gasteiger partial charge in [0.25, 0.3) is 0 Å². The highest BCUT2D eigenvalue weighted by Gasteiger charge is 2.18. The fourth-order valence-corrected chi connectivity index (χ4v) is 2.51. The zero-order chi connectivity index (χ0) is 18.3. The number of rotatable bonds is 9. The molecule has 1 aromatic rings. The summed E-state index contributed by atoms with van der Waals surface area (Å²) in [6.45, 7) is 17.9. The van der Waals surface area contributed by atoms with Gasteiger partial charge in [0, 0.05) is 10.6 Å². The Morgan fingerprint density at radius 3 is 2.25 bits per heavy atom. The van der Waals surface area contributed by atoms with Crippen LogP contribution in [0.5, 0.6) is 0 Å². The van der Waals surface area contributed by atoms with Crippen molar-refractivity contribution in [3.05, 3.63) is 83.5 Å². The van der Waals surface area contributed by atoms with Crippen LogP contribution in [0.1, 0.15) is 42.6 Å². The lowest BCUT2D eigenvalue weighted by molar-refractivity contribution is 0.102. The van der Waals surface area contributed by atoms with E-state index in [1.807, 2.05) is 37.3 Å². The second-order valence-electron chi connectivity index (χ2n) is 6.40.